The highest BCUT2D eigenvalue weighted by Crippen LogP contribution is 1.98. The fourth-order valence-electron chi connectivity index (χ4n) is 1.52. The molecular formula is C13H26N2O5. The van der Waals surface area contributed by atoms with Gasteiger partial charge in [-0.3, -0.25) is 0 Å². The molecule has 0 aromatic heterocycles. The van der Waals surface area contributed by atoms with E-state index in [4.69, 9.17) is 14.6 Å². The lowest BCUT2D eigenvalue weighted by molar-refractivity contribution is -0.139. The average Bonchev–Trinajstić information content (AvgIpc) is 2.41. The molecule has 1 atom stereocenters. The molecule has 0 rings (SSSR count). The van der Waals surface area contributed by atoms with Crippen molar-refractivity contribution in [2.45, 2.75) is 38.6 Å². The van der Waals surface area contributed by atoms with Crippen molar-refractivity contribution in [3.05, 3.63) is 0 Å². The van der Waals surface area contributed by atoms with Crippen LogP contribution in [-0.4, -0.2) is 56.6 Å². The van der Waals surface area contributed by atoms with Gasteiger partial charge in [0.2, 0.25) is 0 Å². The molecule has 0 saturated carbocycles. The summed E-state index contributed by atoms with van der Waals surface area (Å²) in [7, 11) is 1.55. The Morgan fingerprint density at radius 2 is 1.95 bits per heavy atom. The zero-order valence-electron chi connectivity index (χ0n) is 12.3. The average molecular weight is 290 g/mol. The molecular weight excluding hydrogens is 264 g/mol. The fourth-order valence-corrected chi connectivity index (χ4v) is 1.52. The van der Waals surface area contributed by atoms with Crippen LogP contribution in [0.2, 0.25) is 0 Å². The van der Waals surface area contributed by atoms with Crippen LogP contribution in [0.4, 0.5) is 4.79 Å². The number of carboxylic acids is 1. The smallest absolute Gasteiger partial charge is 0.326 e. The molecule has 0 heterocycles. The normalized spacial score (nSPS) is 11.9. The summed E-state index contributed by atoms with van der Waals surface area (Å²) < 4.78 is 10.1. The number of hydrogen-bond donors (Lipinski definition) is 3. The Kier molecular flexibility index (Phi) is 11.8. The molecule has 3 N–H and O–H groups in total. The summed E-state index contributed by atoms with van der Waals surface area (Å²) in [5, 5.41) is 14.0. The first-order valence-corrected chi connectivity index (χ1v) is 6.95. The number of carbonyl (C=O) groups excluding carboxylic acids is 1. The van der Waals surface area contributed by atoms with E-state index in [2.05, 4.69) is 10.6 Å². The van der Waals surface area contributed by atoms with Gasteiger partial charge in [0.05, 0.1) is 0 Å². The first-order valence-electron chi connectivity index (χ1n) is 6.95. The summed E-state index contributed by atoms with van der Waals surface area (Å²) in [5.74, 6) is -1.04. The van der Waals surface area contributed by atoms with E-state index in [-0.39, 0.29) is 0 Å². The minimum Gasteiger partial charge on any atom is -0.480 e. The molecule has 118 valence electrons. The predicted octanol–water partition coefficient (Wildman–Crippen LogP) is 0.982. The molecule has 0 aliphatic rings. The number of aliphatic carboxylic acids is 1. The number of urea groups is 1. The molecule has 0 saturated heterocycles. The lowest BCUT2D eigenvalue weighted by atomic mass is 10.1. The van der Waals surface area contributed by atoms with Gasteiger partial charge >= 0.3 is 12.0 Å². The lowest BCUT2D eigenvalue weighted by Gasteiger charge is -2.15. The number of hydrogen-bond acceptors (Lipinski definition) is 4. The fraction of sp³-hybridized carbons (Fsp3) is 0.846. The zero-order chi connectivity index (χ0) is 15.2. The van der Waals surface area contributed by atoms with Gasteiger partial charge in [-0.1, -0.05) is 6.92 Å². The molecule has 0 bridgehead atoms. The third-order valence-electron chi connectivity index (χ3n) is 2.54. The Labute approximate surface area is 120 Å². The van der Waals surface area contributed by atoms with Crippen LogP contribution in [0.25, 0.3) is 0 Å². The summed E-state index contributed by atoms with van der Waals surface area (Å²) in [4.78, 5) is 22.5. The third-order valence-corrected chi connectivity index (χ3v) is 2.54. The van der Waals surface area contributed by atoms with Gasteiger partial charge in [0, 0.05) is 33.5 Å². The SMILES string of the molecule is CCCOCCCNC(=O)NC(CCCOC)C(=O)O. The van der Waals surface area contributed by atoms with Gasteiger partial charge in [-0.05, 0) is 25.7 Å². The molecule has 7 heteroatoms. The third kappa shape index (κ3) is 10.6. The number of carbonyl (C=O) groups is 2. The Balaban J connectivity index is 3.75. The van der Waals surface area contributed by atoms with Crippen molar-refractivity contribution in [2.75, 3.05) is 33.5 Å². The largest absolute Gasteiger partial charge is 0.480 e. The zero-order valence-corrected chi connectivity index (χ0v) is 12.3. The maximum atomic E-state index is 11.5. The van der Waals surface area contributed by atoms with E-state index in [9.17, 15) is 9.59 Å². The summed E-state index contributed by atoms with van der Waals surface area (Å²) in [6.07, 6.45) is 2.60. The molecule has 0 spiro atoms. The van der Waals surface area contributed by atoms with Crippen LogP contribution in [-0.2, 0) is 14.3 Å². The monoisotopic (exact) mass is 290 g/mol. The number of methoxy groups -OCH3 is 1. The van der Waals surface area contributed by atoms with Crippen LogP contribution in [0, 0.1) is 0 Å². The van der Waals surface area contributed by atoms with Crippen LogP contribution >= 0.6 is 0 Å². The topological polar surface area (TPSA) is 96.9 Å². The predicted molar refractivity (Wildman–Crippen MR) is 74.8 cm³/mol. The summed E-state index contributed by atoms with van der Waals surface area (Å²) in [6.45, 7) is 4.26. The van der Waals surface area contributed by atoms with Crippen molar-refractivity contribution in [2.24, 2.45) is 0 Å². The second-order valence-electron chi connectivity index (χ2n) is 4.39. The van der Waals surface area contributed by atoms with Crippen LogP contribution in [0.1, 0.15) is 32.6 Å². The summed E-state index contributed by atoms with van der Waals surface area (Å²) in [5.41, 5.74) is 0. The van der Waals surface area contributed by atoms with E-state index in [1.54, 1.807) is 7.11 Å². The Hall–Kier alpha value is -1.34. The van der Waals surface area contributed by atoms with Crippen molar-refractivity contribution in [1.82, 2.24) is 10.6 Å². The van der Waals surface area contributed by atoms with Crippen molar-refractivity contribution in [1.29, 1.82) is 0 Å². The number of amides is 2. The first-order chi connectivity index (χ1) is 9.61. The van der Waals surface area contributed by atoms with Gasteiger partial charge in [0.25, 0.3) is 0 Å². The van der Waals surface area contributed by atoms with Crippen molar-refractivity contribution in [3.63, 3.8) is 0 Å². The maximum Gasteiger partial charge on any atom is 0.326 e. The Bertz CT molecular complexity index is 273. The molecule has 1 unspecified atom stereocenters. The van der Waals surface area contributed by atoms with Crippen LogP contribution < -0.4 is 10.6 Å². The van der Waals surface area contributed by atoms with E-state index < -0.39 is 18.0 Å². The lowest BCUT2D eigenvalue weighted by Crippen LogP contribution is -2.46. The number of nitrogens with one attached hydrogen (secondary N) is 2. The van der Waals surface area contributed by atoms with E-state index in [1.807, 2.05) is 6.92 Å². The number of carboxylic acid groups (broad SMARTS) is 1. The van der Waals surface area contributed by atoms with Gasteiger partial charge in [-0.2, -0.15) is 0 Å². The van der Waals surface area contributed by atoms with Gasteiger partial charge in [-0.15, -0.1) is 0 Å². The van der Waals surface area contributed by atoms with Crippen LogP contribution in [0.15, 0.2) is 0 Å². The molecule has 0 aliphatic carbocycles. The molecule has 20 heavy (non-hydrogen) atoms. The van der Waals surface area contributed by atoms with Gasteiger partial charge in [0.15, 0.2) is 0 Å². The molecule has 7 nitrogen and oxygen atoms in total. The molecule has 0 aromatic rings. The van der Waals surface area contributed by atoms with Crippen LogP contribution in [0.5, 0.6) is 0 Å². The second-order valence-corrected chi connectivity index (χ2v) is 4.39. The standard InChI is InChI=1S/C13H26N2O5/c1-3-8-20-10-5-7-14-13(18)15-11(12(16)17)6-4-9-19-2/h11H,3-10H2,1-2H3,(H,16,17)(H2,14,15,18). The Morgan fingerprint density at radius 3 is 2.55 bits per heavy atom. The van der Waals surface area contributed by atoms with E-state index >= 15 is 0 Å². The van der Waals surface area contributed by atoms with Crippen molar-refractivity contribution in [3.8, 4) is 0 Å². The van der Waals surface area contributed by atoms with Crippen molar-refractivity contribution < 1.29 is 24.2 Å². The molecule has 0 aliphatic heterocycles. The van der Waals surface area contributed by atoms with E-state index in [0.717, 1.165) is 6.42 Å². The minimum atomic E-state index is -1.04. The van der Waals surface area contributed by atoms with E-state index in [0.29, 0.717) is 45.6 Å². The molecule has 0 fully saturated rings. The van der Waals surface area contributed by atoms with Gasteiger partial charge in [0.1, 0.15) is 6.04 Å². The van der Waals surface area contributed by atoms with Crippen LogP contribution in [0.3, 0.4) is 0 Å². The maximum absolute atomic E-state index is 11.5. The van der Waals surface area contributed by atoms with Crippen molar-refractivity contribution >= 4 is 12.0 Å². The summed E-state index contributed by atoms with van der Waals surface area (Å²) >= 11 is 0. The highest BCUT2D eigenvalue weighted by atomic mass is 16.5. The number of ether oxygens (including phenoxy) is 2. The molecule has 0 radical (unpaired) electrons. The first kappa shape index (κ1) is 18.7. The second kappa shape index (κ2) is 12.7. The summed E-state index contributed by atoms with van der Waals surface area (Å²) in [6, 6.07) is -1.35. The van der Waals surface area contributed by atoms with Gasteiger partial charge < -0.3 is 25.2 Å². The highest BCUT2D eigenvalue weighted by Gasteiger charge is 2.18. The van der Waals surface area contributed by atoms with E-state index in [1.165, 1.54) is 0 Å². The number of rotatable bonds is 12. The van der Waals surface area contributed by atoms with Gasteiger partial charge in [-0.25, -0.2) is 9.59 Å². The quantitative estimate of drug-likeness (QED) is 0.466. The Morgan fingerprint density at radius 1 is 1.20 bits per heavy atom. The highest BCUT2D eigenvalue weighted by molar-refractivity contribution is 5.82. The molecule has 0 aromatic carbocycles. The molecule has 2 amide bonds. The minimum absolute atomic E-state index is 0.343.